The lowest BCUT2D eigenvalue weighted by molar-refractivity contribution is -0.124. The van der Waals surface area contributed by atoms with Crippen LogP contribution in [0.2, 0.25) is 0 Å². The number of anilines is 1. The van der Waals surface area contributed by atoms with Crippen LogP contribution >= 0.6 is 11.3 Å². The predicted molar refractivity (Wildman–Crippen MR) is 137 cm³/mol. The van der Waals surface area contributed by atoms with Crippen LogP contribution in [0.3, 0.4) is 0 Å². The van der Waals surface area contributed by atoms with Gasteiger partial charge in [0.15, 0.2) is 0 Å². The van der Waals surface area contributed by atoms with Crippen LogP contribution in [-0.4, -0.2) is 39.3 Å². The van der Waals surface area contributed by atoms with Crippen LogP contribution in [-0.2, 0) is 10.2 Å². The largest absolute Gasteiger partial charge is 0.489 e. The van der Waals surface area contributed by atoms with Gasteiger partial charge in [0.25, 0.3) is 0 Å². The number of carboxylic acids is 1. The van der Waals surface area contributed by atoms with E-state index in [1.807, 2.05) is 11.0 Å². The lowest BCUT2D eigenvalue weighted by atomic mass is 9.81. The van der Waals surface area contributed by atoms with E-state index in [9.17, 15) is 14.7 Å². The third kappa shape index (κ3) is 6.02. The van der Waals surface area contributed by atoms with Crippen LogP contribution in [0.4, 0.5) is 5.69 Å². The van der Waals surface area contributed by atoms with Gasteiger partial charge in [0.1, 0.15) is 10.6 Å². The molecule has 2 aromatic rings. The SMILES string of the molecule is CC(C)(C)c1cc(N(C(=O)[C@H]2CC[C@H](C)CC2)[C@H]2CC[C@H](Oc3ccnnc3)CC2)c(C(=O)O)s1. The third-order valence-electron chi connectivity index (χ3n) is 7.38. The minimum Gasteiger partial charge on any atom is -0.489 e. The Balaban J connectivity index is 1.60. The smallest absolute Gasteiger partial charge is 0.348 e. The second-order valence-corrected chi connectivity index (χ2v) is 12.2. The van der Waals surface area contributed by atoms with Crippen molar-refractivity contribution in [2.75, 3.05) is 4.90 Å². The average Bonchev–Trinajstić information content (AvgIpc) is 3.27. The molecule has 2 heterocycles. The van der Waals surface area contributed by atoms with Crippen LogP contribution in [0.1, 0.15) is 93.6 Å². The van der Waals surface area contributed by atoms with Gasteiger partial charge in [-0.25, -0.2) is 4.79 Å². The molecule has 8 heteroatoms. The fourth-order valence-corrected chi connectivity index (χ4v) is 6.29. The summed E-state index contributed by atoms with van der Waals surface area (Å²) in [6.07, 6.45) is 10.3. The Morgan fingerprint density at radius 3 is 2.31 bits per heavy atom. The fraction of sp³-hybridized carbons (Fsp3) is 0.630. The van der Waals surface area contributed by atoms with Gasteiger partial charge in [-0.1, -0.05) is 27.7 Å². The molecule has 2 fully saturated rings. The van der Waals surface area contributed by atoms with E-state index < -0.39 is 5.97 Å². The van der Waals surface area contributed by atoms with Crippen molar-refractivity contribution in [3.8, 4) is 5.75 Å². The Bertz CT molecular complexity index is 1020. The van der Waals surface area contributed by atoms with Crippen molar-refractivity contribution in [2.24, 2.45) is 11.8 Å². The molecule has 4 rings (SSSR count). The molecule has 0 radical (unpaired) electrons. The zero-order chi connectivity index (χ0) is 25.2. The molecular formula is C27H37N3O4S. The van der Waals surface area contributed by atoms with Crippen LogP contribution < -0.4 is 9.64 Å². The van der Waals surface area contributed by atoms with E-state index in [0.717, 1.165) is 56.2 Å². The monoisotopic (exact) mass is 499 g/mol. The Hall–Kier alpha value is -2.48. The number of carboxylic acid groups (broad SMARTS) is 1. The number of ether oxygens (including phenoxy) is 1. The summed E-state index contributed by atoms with van der Waals surface area (Å²) in [4.78, 5) is 29.4. The van der Waals surface area contributed by atoms with Gasteiger partial charge in [-0.05, 0) is 68.8 Å². The zero-order valence-corrected chi connectivity index (χ0v) is 22.0. The first kappa shape index (κ1) is 25.6. The van der Waals surface area contributed by atoms with Gasteiger partial charge in [0.2, 0.25) is 5.91 Å². The zero-order valence-electron chi connectivity index (χ0n) is 21.2. The summed E-state index contributed by atoms with van der Waals surface area (Å²) in [5.74, 6) is 0.445. The summed E-state index contributed by atoms with van der Waals surface area (Å²) in [7, 11) is 0. The average molecular weight is 500 g/mol. The highest BCUT2D eigenvalue weighted by atomic mass is 32.1. The number of aromatic carboxylic acids is 1. The number of carbonyl (C=O) groups is 2. The van der Waals surface area contributed by atoms with Crippen LogP contribution in [0.25, 0.3) is 0 Å². The molecule has 0 aliphatic heterocycles. The maximum Gasteiger partial charge on any atom is 0.348 e. The molecule has 1 amide bonds. The number of amides is 1. The number of hydrogen-bond acceptors (Lipinski definition) is 6. The molecule has 0 saturated heterocycles. The molecule has 2 aliphatic carbocycles. The van der Waals surface area contributed by atoms with Crippen molar-refractivity contribution in [3.05, 3.63) is 34.3 Å². The van der Waals surface area contributed by atoms with Gasteiger partial charge >= 0.3 is 5.97 Å². The summed E-state index contributed by atoms with van der Waals surface area (Å²) in [5.41, 5.74) is 0.394. The lowest BCUT2D eigenvalue weighted by Crippen LogP contribution is -2.47. The summed E-state index contributed by atoms with van der Waals surface area (Å²) < 4.78 is 6.09. The molecule has 2 aliphatic rings. The molecule has 0 spiro atoms. The van der Waals surface area contributed by atoms with Gasteiger partial charge < -0.3 is 14.7 Å². The Labute approximate surface area is 211 Å². The van der Waals surface area contributed by atoms with Gasteiger partial charge in [-0.15, -0.1) is 11.3 Å². The second-order valence-electron chi connectivity index (χ2n) is 11.2. The molecule has 0 bridgehead atoms. The first-order valence-corrected chi connectivity index (χ1v) is 13.6. The topological polar surface area (TPSA) is 92.6 Å². The quantitative estimate of drug-likeness (QED) is 0.517. The van der Waals surface area contributed by atoms with Crippen molar-refractivity contribution in [1.82, 2.24) is 10.2 Å². The van der Waals surface area contributed by atoms with Crippen molar-refractivity contribution in [2.45, 2.75) is 96.6 Å². The minimum absolute atomic E-state index is 0.0298. The van der Waals surface area contributed by atoms with Gasteiger partial charge in [-0.3, -0.25) is 4.79 Å². The van der Waals surface area contributed by atoms with Crippen LogP contribution in [0.15, 0.2) is 24.5 Å². The minimum atomic E-state index is -0.960. The summed E-state index contributed by atoms with van der Waals surface area (Å²) >= 11 is 1.30. The third-order valence-corrected chi connectivity index (χ3v) is 8.91. The molecule has 0 aromatic carbocycles. The van der Waals surface area contributed by atoms with E-state index in [-0.39, 0.29) is 34.3 Å². The Morgan fingerprint density at radius 2 is 1.74 bits per heavy atom. The molecule has 2 aromatic heterocycles. The maximum absolute atomic E-state index is 14.0. The number of carbonyl (C=O) groups excluding carboxylic acids is 1. The maximum atomic E-state index is 14.0. The highest BCUT2D eigenvalue weighted by molar-refractivity contribution is 7.14. The molecule has 190 valence electrons. The summed E-state index contributed by atoms with van der Waals surface area (Å²) in [6, 6.07) is 3.73. The molecule has 2 saturated carbocycles. The van der Waals surface area contributed by atoms with Gasteiger partial charge in [0, 0.05) is 22.9 Å². The standard InChI is InChI=1S/C27H37N3O4S/c1-17-5-7-18(8-6-17)25(31)30(22-15-23(27(2,3)4)35-24(22)26(32)33)19-9-11-20(12-10-19)34-21-13-14-28-29-16-21/h13-20H,5-12H2,1-4H3,(H,32,33)/t17-,18-,19-,20-. The van der Waals surface area contributed by atoms with Crippen LogP contribution in [0.5, 0.6) is 5.75 Å². The second kappa shape index (κ2) is 10.6. The Morgan fingerprint density at radius 1 is 1.06 bits per heavy atom. The number of hydrogen-bond donors (Lipinski definition) is 1. The van der Waals surface area contributed by atoms with Gasteiger partial charge in [0.05, 0.1) is 24.2 Å². The highest BCUT2D eigenvalue weighted by Crippen LogP contribution is 2.42. The van der Waals surface area contributed by atoms with Gasteiger partial charge in [-0.2, -0.15) is 10.2 Å². The summed E-state index contributed by atoms with van der Waals surface area (Å²) in [6.45, 7) is 8.49. The molecular weight excluding hydrogens is 462 g/mol. The van der Waals surface area contributed by atoms with E-state index in [0.29, 0.717) is 17.4 Å². The number of rotatable bonds is 6. The molecule has 35 heavy (non-hydrogen) atoms. The molecule has 7 nitrogen and oxygen atoms in total. The van der Waals surface area contributed by atoms with E-state index in [1.165, 1.54) is 11.3 Å². The van der Waals surface area contributed by atoms with Crippen molar-refractivity contribution >= 4 is 28.9 Å². The van der Waals surface area contributed by atoms with E-state index in [2.05, 4.69) is 37.9 Å². The van der Waals surface area contributed by atoms with E-state index >= 15 is 0 Å². The van der Waals surface area contributed by atoms with E-state index in [4.69, 9.17) is 4.74 Å². The Kier molecular flexibility index (Phi) is 7.79. The van der Waals surface area contributed by atoms with Crippen LogP contribution in [0, 0.1) is 11.8 Å². The normalized spacial score (nSPS) is 25.1. The first-order valence-electron chi connectivity index (χ1n) is 12.8. The molecule has 1 N–H and O–H groups in total. The number of aromatic nitrogens is 2. The van der Waals surface area contributed by atoms with E-state index in [1.54, 1.807) is 18.5 Å². The first-order chi connectivity index (χ1) is 16.6. The van der Waals surface area contributed by atoms with Crippen molar-refractivity contribution in [3.63, 3.8) is 0 Å². The predicted octanol–water partition coefficient (Wildman–Crippen LogP) is 6.08. The molecule has 0 unspecified atom stereocenters. The van der Waals surface area contributed by atoms with Crippen molar-refractivity contribution in [1.29, 1.82) is 0 Å². The highest BCUT2D eigenvalue weighted by Gasteiger charge is 2.38. The molecule has 0 atom stereocenters. The fourth-order valence-electron chi connectivity index (χ4n) is 5.24. The number of nitrogens with zero attached hydrogens (tertiary/aromatic N) is 3. The van der Waals surface area contributed by atoms with Crippen molar-refractivity contribution < 1.29 is 19.4 Å². The summed E-state index contributed by atoms with van der Waals surface area (Å²) in [5, 5.41) is 17.7. The number of thiophene rings is 1. The lowest BCUT2D eigenvalue weighted by Gasteiger charge is -2.39.